The van der Waals surface area contributed by atoms with Gasteiger partial charge in [-0.2, -0.15) is 9.97 Å². The first kappa shape index (κ1) is 36.9. The van der Waals surface area contributed by atoms with Crippen molar-refractivity contribution in [2.45, 2.75) is 0 Å². The molecule has 5 heterocycles. The van der Waals surface area contributed by atoms with Crippen molar-refractivity contribution in [1.29, 1.82) is 0 Å². The lowest BCUT2D eigenvalue weighted by atomic mass is 9.98. The SMILES string of the molecule is c1ccc(-c2nc(-c3ccc4c(c3)oc3ccccc34)nc(-n3c4ccccc4c4ccc5c6ccccc6n(-c6cc(-c7ccc8ccccc8c7)cc7c6oc6ccccc67)c5c43)n2)cc1. The van der Waals surface area contributed by atoms with Crippen LogP contribution in [-0.2, 0) is 0 Å². The maximum Gasteiger partial charge on any atom is 0.238 e. The van der Waals surface area contributed by atoms with E-state index in [1.54, 1.807) is 0 Å². The topological polar surface area (TPSA) is 74.8 Å². The van der Waals surface area contributed by atoms with Gasteiger partial charge in [-0.25, -0.2) is 4.98 Å². The van der Waals surface area contributed by atoms with Gasteiger partial charge in [0.15, 0.2) is 17.2 Å². The van der Waals surface area contributed by atoms with Crippen LogP contribution in [0.3, 0.4) is 0 Å². The van der Waals surface area contributed by atoms with Gasteiger partial charge in [-0.1, -0.05) is 158 Å². The van der Waals surface area contributed by atoms with Gasteiger partial charge >= 0.3 is 0 Å². The zero-order valence-corrected chi connectivity index (χ0v) is 36.3. The Morgan fingerprint density at radius 2 is 0.868 bits per heavy atom. The van der Waals surface area contributed by atoms with E-state index in [4.69, 9.17) is 23.8 Å². The summed E-state index contributed by atoms with van der Waals surface area (Å²) >= 11 is 0. The highest BCUT2D eigenvalue weighted by Crippen LogP contribution is 2.45. The Morgan fingerprint density at radius 3 is 1.63 bits per heavy atom. The summed E-state index contributed by atoms with van der Waals surface area (Å²) in [5.74, 6) is 1.62. The van der Waals surface area contributed by atoms with E-state index in [0.29, 0.717) is 17.6 Å². The number of rotatable bonds is 5. The molecule has 10 aromatic carbocycles. The van der Waals surface area contributed by atoms with Crippen molar-refractivity contribution in [3.63, 3.8) is 0 Å². The Morgan fingerprint density at radius 1 is 0.309 bits per heavy atom. The molecular weight excluding hydrogens is 835 g/mol. The van der Waals surface area contributed by atoms with Crippen LogP contribution in [0.5, 0.6) is 0 Å². The second-order valence-corrected chi connectivity index (χ2v) is 17.6. The summed E-state index contributed by atoms with van der Waals surface area (Å²) in [6.45, 7) is 0. The van der Waals surface area contributed by atoms with E-state index in [2.05, 4.69) is 173 Å². The van der Waals surface area contributed by atoms with Crippen LogP contribution in [0.2, 0.25) is 0 Å². The van der Waals surface area contributed by atoms with E-state index in [1.165, 1.54) is 10.8 Å². The lowest BCUT2D eigenvalue weighted by Crippen LogP contribution is -2.07. The molecule has 15 rings (SSSR count). The fraction of sp³-hybridized carbons (Fsp3) is 0. The van der Waals surface area contributed by atoms with E-state index in [1.807, 2.05) is 48.5 Å². The average Bonchev–Trinajstić information content (AvgIpc) is 4.16. The normalized spacial score (nSPS) is 12.1. The molecule has 0 aliphatic heterocycles. The predicted molar refractivity (Wildman–Crippen MR) is 277 cm³/mol. The Hall–Kier alpha value is -9.33. The minimum atomic E-state index is 0.507. The molecule has 0 spiro atoms. The lowest BCUT2D eigenvalue weighted by Gasteiger charge is -2.15. The standard InChI is InChI=1S/C61H35N5O2/c1-2-15-37(16-3-1)59-62-60(40-28-29-46-44-20-8-12-24-53(44)67-55(46)35-40)64-61(63-59)66-51-23-11-7-19-43(51)48-31-30-47-42-18-6-10-22-50(42)65(56(47)57(48)66)52-34-41(39-27-26-36-14-4-5-17-38(36)32-39)33-49-45-21-9-13-25-54(45)68-58(49)52/h1-35H. The molecule has 0 saturated heterocycles. The number of hydrogen-bond acceptors (Lipinski definition) is 5. The third-order valence-electron chi connectivity index (χ3n) is 13.7. The van der Waals surface area contributed by atoms with Crippen LogP contribution in [0.4, 0.5) is 0 Å². The molecule has 0 atom stereocenters. The molecule has 0 aliphatic carbocycles. The molecule has 0 amide bonds. The van der Waals surface area contributed by atoms with E-state index in [0.717, 1.165) is 115 Å². The summed E-state index contributed by atoms with van der Waals surface area (Å²) in [6.07, 6.45) is 0. The van der Waals surface area contributed by atoms with Gasteiger partial charge in [-0.3, -0.25) is 4.57 Å². The largest absolute Gasteiger partial charge is 0.456 e. The van der Waals surface area contributed by atoms with Gasteiger partial charge in [0.05, 0.1) is 27.8 Å². The minimum Gasteiger partial charge on any atom is -0.456 e. The quantitative estimate of drug-likeness (QED) is 0.172. The molecule has 316 valence electrons. The molecule has 7 nitrogen and oxygen atoms in total. The van der Waals surface area contributed by atoms with Gasteiger partial charge in [0.2, 0.25) is 5.95 Å². The number of para-hydroxylation sites is 4. The zero-order chi connectivity index (χ0) is 44.5. The summed E-state index contributed by atoms with van der Waals surface area (Å²) in [5.41, 5.74) is 12.2. The summed E-state index contributed by atoms with van der Waals surface area (Å²) in [6, 6.07) is 74.5. The van der Waals surface area contributed by atoms with Crippen LogP contribution in [0.1, 0.15) is 0 Å². The molecule has 68 heavy (non-hydrogen) atoms. The summed E-state index contributed by atoms with van der Waals surface area (Å²) < 4.78 is 18.0. The molecule has 0 fully saturated rings. The third kappa shape index (κ3) is 5.38. The smallest absolute Gasteiger partial charge is 0.238 e. The molecule has 0 unspecified atom stereocenters. The van der Waals surface area contributed by atoms with Crippen molar-refractivity contribution < 1.29 is 8.83 Å². The first-order valence-electron chi connectivity index (χ1n) is 22.8. The van der Waals surface area contributed by atoms with Crippen LogP contribution in [0.25, 0.3) is 144 Å². The van der Waals surface area contributed by atoms with Crippen molar-refractivity contribution >= 4 is 98.3 Å². The van der Waals surface area contributed by atoms with Crippen LogP contribution in [-0.4, -0.2) is 24.1 Å². The van der Waals surface area contributed by atoms with E-state index >= 15 is 0 Å². The zero-order valence-electron chi connectivity index (χ0n) is 36.3. The summed E-state index contributed by atoms with van der Waals surface area (Å²) in [4.78, 5) is 16.0. The van der Waals surface area contributed by atoms with Crippen molar-refractivity contribution in [3.8, 4) is 45.5 Å². The molecule has 15 aromatic rings. The molecule has 0 N–H and O–H groups in total. The number of fused-ring (bicyclic) bond motifs is 14. The van der Waals surface area contributed by atoms with E-state index in [9.17, 15) is 0 Å². The monoisotopic (exact) mass is 869 g/mol. The Kier molecular flexibility index (Phi) is 7.65. The van der Waals surface area contributed by atoms with Crippen LogP contribution in [0, 0.1) is 0 Å². The van der Waals surface area contributed by atoms with E-state index in [-0.39, 0.29) is 0 Å². The number of furan rings is 2. The van der Waals surface area contributed by atoms with Crippen molar-refractivity contribution in [2.75, 3.05) is 0 Å². The second-order valence-electron chi connectivity index (χ2n) is 17.6. The third-order valence-corrected chi connectivity index (χ3v) is 13.7. The molecule has 0 saturated carbocycles. The number of hydrogen-bond donors (Lipinski definition) is 0. The maximum atomic E-state index is 6.96. The second kappa shape index (κ2) is 14.1. The van der Waals surface area contributed by atoms with Gasteiger partial charge in [0.1, 0.15) is 16.7 Å². The first-order chi connectivity index (χ1) is 33.7. The van der Waals surface area contributed by atoms with Crippen LogP contribution >= 0.6 is 0 Å². The Balaban J connectivity index is 1.07. The molecule has 0 aliphatic rings. The fourth-order valence-corrected chi connectivity index (χ4v) is 10.6. The highest BCUT2D eigenvalue weighted by molar-refractivity contribution is 6.24. The van der Waals surface area contributed by atoms with Gasteiger partial charge in [0.25, 0.3) is 0 Å². The molecule has 0 radical (unpaired) electrons. The lowest BCUT2D eigenvalue weighted by molar-refractivity contribution is 0.666. The van der Waals surface area contributed by atoms with Gasteiger partial charge in [-0.05, 0) is 76.5 Å². The Labute approximate surface area is 387 Å². The average molecular weight is 870 g/mol. The van der Waals surface area contributed by atoms with E-state index < -0.39 is 0 Å². The number of benzene rings is 10. The molecular formula is C61H35N5O2. The van der Waals surface area contributed by atoms with Crippen molar-refractivity contribution in [2.24, 2.45) is 0 Å². The fourth-order valence-electron chi connectivity index (χ4n) is 10.6. The van der Waals surface area contributed by atoms with Gasteiger partial charge < -0.3 is 13.4 Å². The minimum absolute atomic E-state index is 0.507. The molecule has 0 bridgehead atoms. The summed E-state index contributed by atoms with van der Waals surface area (Å²) in [5, 5.41) is 11.0. The predicted octanol–water partition coefficient (Wildman–Crippen LogP) is 16.0. The Bertz CT molecular complexity index is 4570. The summed E-state index contributed by atoms with van der Waals surface area (Å²) in [7, 11) is 0. The molecule has 7 heteroatoms. The van der Waals surface area contributed by atoms with Crippen molar-refractivity contribution in [3.05, 3.63) is 212 Å². The van der Waals surface area contributed by atoms with Gasteiger partial charge in [0, 0.05) is 54.2 Å². The number of aromatic nitrogens is 5. The van der Waals surface area contributed by atoms with Crippen LogP contribution < -0.4 is 0 Å². The maximum absolute atomic E-state index is 6.96. The number of nitrogens with zero attached hydrogens (tertiary/aromatic N) is 5. The highest BCUT2D eigenvalue weighted by atomic mass is 16.3. The molecule has 5 aromatic heterocycles. The van der Waals surface area contributed by atoms with Crippen molar-refractivity contribution in [1.82, 2.24) is 24.1 Å². The first-order valence-corrected chi connectivity index (χ1v) is 22.8. The highest BCUT2D eigenvalue weighted by Gasteiger charge is 2.26. The van der Waals surface area contributed by atoms with Gasteiger partial charge in [-0.15, -0.1) is 0 Å². The van der Waals surface area contributed by atoms with Crippen LogP contribution in [0.15, 0.2) is 221 Å².